The molecule has 1 atom stereocenters. The molecule has 1 unspecified atom stereocenters. The van der Waals surface area contributed by atoms with Gasteiger partial charge in [0, 0.05) is 4.88 Å². The SMILES string of the molecule is CCCCCCCC(NN)c1scnc1C. The summed E-state index contributed by atoms with van der Waals surface area (Å²) >= 11 is 1.70. The molecule has 3 nitrogen and oxygen atoms in total. The van der Waals surface area contributed by atoms with Gasteiger partial charge in [-0.25, -0.2) is 4.98 Å². The molecule has 0 aliphatic carbocycles. The summed E-state index contributed by atoms with van der Waals surface area (Å²) in [5, 5.41) is 0. The van der Waals surface area contributed by atoms with Crippen LogP contribution in [-0.2, 0) is 0 Å². The molecule has 1 heterocycles. The molecular formula is C12H23N3S. The number of thiazole rings is 1. The fraction of sp³-hybridized carbons (Fsp3) is 0.750. The van der Waals surface area contributed by atoms with Gasteiger partial charge in [0.15, 0.2) is 0 Å². The zero-order valence-electron chi connectivity index (χ0n) is 10.3. The number of nitrogens with zero attached hydrogens (tertiary/aromatic N) is 1. The van der Waals surface area contributed by atoms with Gasteiger partial charge in [-0.3, -0.25) is 11.3 Å². The number of hydrazine groups is 1. The molecule has 0 amide bonds. The zero-order chi connectivity index (χ0) is 11.8. The normalized spacial score (nSPS) is 12.9. The first-order valence-electron chi connectivity index (χ1n) is 6.15. The molecule has 4 heteroatoms. The molecule has 0 spiro atoms. The maximum absolute atomic E-state index is 5.60. The zero-order valence-corrected chi connectivity index (χ0v) is 11.1. The lowest BCUT2D eigenvalue weighted by molar-refractivity contribution is 0.482. The lowest BCUT2D eigenvalue weighted by atomic mass is 10.1. The highest BCUT2D eigenvalue weighted by Gasteiger charge is 2.13. The Balaban J connectivity index is 2.30. The summed E-state index contributed by atoms with van der Waals surface area (Å²) in [5.41, 5.74) is 5.91. The number of unbranched alkanes of at least 4 members (excludes halogenated alkanes) is 4. The summed E-state index contributed by atoms with van der Waals surface area (Å²) in [7, 11) is 0. The van der Waals surface area contributed by atoms with Crippen LogP contribution in [0.3, 0.4) is 0 Å². The summed E-state index contributed by atoms with van der Waals surface area (Å²) in [6.07, 6.45) is 7.65. The second-order valence-corrected chi connectivity index (χ2v) is 5.11. The monoisotopic (exact) mass is 241 g/mol. The lowest BCUT2D eigenvalue weighted by Gasteiger charge is -2.14. The fourth-order valence-corrected chi connectivity index (χ4v) is 2.79. The van der Waals surface area contributed by atoms with Crippen LogP contribution in [0.25, 0.3) is 0 Å². The van der Waals surface area contributed by atoms with Gasteiger partial charge < -0.3 is 0 Å². The third-order valence-corrected chi connectivity index (χ3v) is 3.94. The van der Waals surface area contributed by atoms with E-state index in [2.05, 4.69) is 17.3 Å². The summed E-state index contributed by atoms with van der Waals surface area (Å²) < 4.78 is 0. The van der Waals surface area contributed by atoms with Crippen molar-refractivity contribution in [1.29, 1.82) is 0 Å². The van der Waals surface area contributed by atoms with Crippen molar-refractivity contribution in [2.75, 3.05) is 0 Å². The second kappa shape index (κ2) is 7.76. The van der Waals surface area contributed by atoms with Crippen LogP contribution in [0.5, 0.6) is 0 Å². The maximum Gasteiger partial charge on any atom is 0.0798 e. The molecular weight excluding hydrogens is 218 g/mol. The number of aromatic nitrogens is 1. The molecule has 92 valence electrons. The van der Waals surface area contributed by atoms with E-state index in [-0.39, 0.29) is 6.04 Å². The topological polar surface area (TPSA) is 50.9 Å². The molecule has 16 heavy (non-hydrogen) atoms. The van der Waals surface area contributed by atoms with Crippen molar-refractivity contribution in [2.24, 2.45) is 5.84 Å². The van der Waals surface area contributed by atoms with E-state index in [4.69, 9.17) is 5.84 Å². The van der Waals surface area contributed by atoms with Crippen molar-refractivity contribution in [3.63, 3.8) is 0 Å². The molecule has 1 aromatic rings. The first kappa shape index (κ1) is 13.6. The number of hydrogen-bond donors (Lipinski definition) is 2. The first-order chi connectivity index (χ1) is 7.79. The molecule has 1 aromatic heterocycles. The van der Waals surface area contributed by atoms with Crippen LogP contribution >= 0.6 is 11.3 Å². The first-order valence-corrected chi connectivity index (χ1v) is 7.03. The quantitative estimate of drug-likeness (QED) is 0.417. The van der Waals surface area contributed by atoms with Gasteiger partial charge in [-0.15, -0.1) is 11.3 Å². The van der Waals surface area contributed by atoms with Gasteiger partial charge in [0.05, 0.1) is 17.2 Å². The molecule has 3 N–H and O–H groups in total. The van der Waals surface area contributed by atoms with Crippen molar-refractivity contribution in [3.05, 3.63) is 16.1 Å². The Hall–Kier alpha value is -0.450. The molecule has 0 bridgehead atoms. The fourth-order valence-electron chi connectivity index (χ4n) is 1.89. The minimum Gasteiger partial charge on any atom is -0.271 e. The van der Waals surface area contributed by atoms with Crippen LogP contribution in [0.15, 0.2) is 5.51 Å². The van der Waals surface area contributed by atoms with E-state index < -0.39 is 0 Å². The van der Waals surface area contributed by atoms with E-state index in [1.165, 1.54) is 37.0 Å². The Labute approximate surface area is 102 Å². The summed E-state index contributed by atoms with van der Waals surface area (Å²) in [6, 6.07) is 0.286. The molecule has 0 radical (unpaired) electrons. The van der Waals surface area contributed by atoms with Gasteiger partial charge in [-0.05, 0) is 13.3 Å². The lowest BCUT2D eigenvalue weighted by Crippen LogP contribution is -2.27. The van der Waals surface area contributed by atoms with E-state index >= 15 is 0 Å². The van der Waals surface area contributed by atoms with E-state index in [1.807, 2.05) is 12.4 Å². The van der Waals surface area contributed by atoms with Gasteiger partial charge in [-0.1, -0.05) is 39.0 Å². The number of hydrogen-bond acceptors (Lipinski definition) is 4. The smallest absolute Gasteiger partial charge is 0.0798 e. The standard InChI is InChI=1S/C12H23N3S/c1-3-4-5-6-7-8-11(15-13)12-10(2)14-9-16-12/h9,11,15H,3-8,13H2,1-2H3. The Morgan fingerprint density at radius 1 is 1.38 bits per heavy atom. The summed E-state index contributed by atoms with van der Waals surface area (Å²) in [6.45, 7) is 4.29. The van der Waals surface area contributed by atoms with Crippen molar-refractivity contribution in [1.82, 2.24) is 10.4 Å². The maximum atomic E-state index is 5.60. The summed E-state index contributed by atoms with van der Waals surface area (Å²) in [5.74, 6) is 5.60. The van der Waals surface area contributed by atoms with Crippen molar-refractivity contribution < 1.29 is 0 Å². The predicted octanol–water partition coefficient (Wildman–Crippen LogP) is 3.32. The van der Waals surface area contributed by atoms with Gasteiger partial charge >= 0.3 is 0 Å². The number of aryl methyl sites for hydroxylation is 1. The molecule has 0 saturated carbocycles. The molecule has 0 aliphatic heterocycles. The highest BCUT2D eigenvalue weighted by atomic mass is 32.1. The second-order valence-electron chi connectivity index (χ2n) is 4.22. The minimum atomic E-state index is 0.286. The number of nitrogens with two attached hydrogens (primary N) is 1. The van der Waals surface area contributed by atoms with Gasteiger partial charge in [0.1, 0.15) is 0 Å². The number of nitrogens with one attached hydrogen (secondary N) is 1. The van der Waals surface area contributed by atoms with Crippen LogP contribution < -0.4 is 11.3 Å². The van der Waals surface area contributed by atoms with E-state index in [0.29, 0.717) is 0 Å². The molecule has 1 rings (SSSR count). The highest BCUT2D eigenvalue weighted by Crippen LogP contribution is 2.25. The summed E-state index contributed by atoms with van der Waals surface area (Å²) in [4.78, 5) is 5.56. The third-order valence-electron chi connectivity index (χ3n) is 2.90. The average molecular weight is 241 g/mol. The Bertz CT molecular complexity index is 286. The van der Waals surface area contributed by atoms with E-state index in [0.717, 1.165) is 12.1 Å². The van der Waals surface area contributed by atoms with Crippen molar-refractivity contribution in [2.45, 2.75) is 58.4 Å². The Morgan fingerprint density at radius 2 is 2.12 bits per heavy atom. The van der Waals surface area contributed by atoms with Crippen molar-refractivity contribution in [3.8, 4) is 0 Å². The Morgan fingerprint density at radius 3 is 2.69 bits per heavy atom. The van der Waals surface area contributed by atoms with Crippen molar-refractivity contribution >= 4 is 11.3 Å². The van der Waals surface area contributed by atoms with Gasteiger partial charge in [-0.2, -0.15) is 0 Å². The molecule has 0 fully saturated rings. The van der Waals surface area contributed by atoms with Gasteiger partial charge in [0.25, 0.3) is 0 Å². The Kier molecular flexibility index (Phi) is 6.61. The average Bonchev–Trinajstić information content (AvgIpc) is 2.70. The van der Waals surface area contributed by atoms with Crippen LogP contribution in [0.1, 0.15) is 62.1 Å². The molecule has 0 saturated heterocycles. The third kappa shape index (κ3) is 4.20. The number of rotatable bonds is 8. The van der Waals surface area contributed by atoms with E-state index in [1.54, 1.807) is 11.3 Å². The van der Waals surface area contributed by atoms with Crippen LogP contribution in [0, 0.1) is 6.92 Å². The predicted molar refractivity (Wildman–Crippen MR) is 70.3 cm³/mol. The van der Waals surface area contributed by atoms with Gasteiger partial charge in [0.2, 0.25) is 0 Å². The van der Waals surface area contributed by atoms with Crippen LogP contribution in [-0.4, -0.2) is 4.98 Å². The van der Waals surface area contributed by atoms with E-state index in [9.17, 15) is 0 Å². The highest BCUT2D eigenvalue weighted by molar-refractivity contribution is 7.09. The minimum absolute atomic E-state index is 0.286. The molecule has 0 aromatic carbocycles. The largest absolute Gasteiger partial charge is 0.271 e. The molecule has 0 aliphatic rings. The van der Waals surface area contributed by atoms with Crippen LogP contribution in [0.2, 0.25) is 0 Å². The van der Waals surface area contributed by atoms with Crippen LogP contribution in [0.4, 0.5) is 0 Å².